The molecule has 0 aliphatic carbocycles. The summed E-state index contributed by atoms with van der Waals surface area (Å²) in [6.07, 6.45) is 4.27. The first-order chi connectivity index (χ1) is 12.7. The number of anilines is 2. The molecule has 0 bridgehead atoms. The summed E-state index contributed by atoms with van der Waals surface area (Å²) in [5.41, 5.74) is 3.31. The Hall–Kier alpha value is -2.59. The van der Waals surface area contributed by atoms with Gasteiger partial charge in [0.2, 0.25) is 5.88 Å². The molecule has 0 atom stereocenters. The van der Waals surface area contributed by atoms with Crippen LogP contribution in [-0.4, -0.2) is 36.1 Å². The smallest absolute Gasteiger partial charge is 0.221 e. The van der Waals surface area contributed by atoms with Gasteiger partial charge >= 0.3 is 0 Å². The zero-order valence-electron chi connectivity index (χ0n) is 15.4. The zero-order valence-corrected chi connectivity index (χ0v) is 15.4. The van der Waals surface area contributed by atoms with E-state index in [1.165, 1.54) is 5.39 Å². The molecule has 2 heterocycles. The summed E-state index contributed by atoms with van der Waals surface area (Å²) in [6.45, 7) is 4.26. The average Bonchev–Trinajstić information content (AvgIpc) is 2.67. The molecule has 0 amide bonds. The number of aryl methyl sites for hydroxylation is 1. The summed E-state index contributed by atoms with van der Waals surface area (Å²) < 4.78 is 6.31. The van der Waals surface area contributed by atoms with Crippen LogP contribution in [0.4, 0.5) is 11.4 Å². The van der Waals surface area contributed by atoms with Crippen LogP contribution in [-0.2, 0) is 0 Å². The Labute approximate surface area is 154 Å². The van der Waals surface area contributed by atoms with Crippen molar-refractivity contribution in [3.05, 3.63) is 60.3 Å². The average molecular weight is 347 g/mol. The molecule has 1 aliphatic rings. The van der Waals surface area contributed by atoms with Crippen molar-refractivity contribution < 1.29 is 4.74 Å². The molecule has 0 unspecified atom stereocenters. The van der Waals surface area contributed by atoms with E-state index in [4.69, 9.17) is 4.74 Å². The molecule has 1 saturated heterocycles. The van der Waals surface area contributed by atoms with Gasteiger partial charge in [-0.15, -0.1) is 0 Å². The van der Waals surface area contributed by atoms with E-state index >= 15 is 0 Å². The Balaban J connectivity index is 1.68. The van der Waals surface area contributed by atoms with E-state index in [2.05, 4.69) is 59.5 Å². The van der Waals surface area contributed by atoms with Crippen LogP contribution in [0, 0.1) is 6.92 Å². The van der Waals surface area contributed by atoms with Crippen molar-refractivity contribution in [2.24, 2.45) is 0 Å². The van der Waals surface area contributed by atoms with Gasteiger partial charge < -0.3 is 15.0 Å². The van der Waals surface area contributed by atoms with Gasteiger partial charge in [0.25, 0.3) is 0 Å². The summed E-state index contributed by atoms with van der Waals surface area (Å²) in [4.78, 5) is 6.95. The second kappa shape index (κ2) is 7.34. The highest BCUT2D eigenvalue weighted by molar-refractivity contribution is 6.00. The van der Waals surface area contributed by atoms with Crippen molar-refractivity contribution in [2.45, 2.75) is 25.9 Å². The van der Waals surface area contributed by atoms with Crippen LogP contribution in [0.15, 0.2) is 54.7 Å². The molecule has 0 saturated carbocycles. The molecule has 26 heavy (non-hydrogen) atoms. The number of aromatic nitrogens is 1. The summed E-state index contributed by atoms with van der Waals surface area (Å²) in [6, 6.07) is 16.5. The predicted octanol–water partition coefficient (Wildman–Crippen LogP) is 4.76. The number of likely N-dealkylation sites (tertiary alicyclic amines) is 1. The fourth-order valence-electron chi connectivity index (χ4n) is 3.58. The van der Waals surface area contributed by atoms with E-state index in [0.717, 1.165) is 54.1 Å². The number of rotatable bonds is 4. The van der Waals surface area contributed by atoms with Crippen LogP contribution in [0.3, 0.4) is 0 Å². The third kappa shape index (κ3) is 3.51. The number of hydrogen-bond donors (Lipinski definition) is 1. The van der Waals surface area contributed by atoms with E-state index in [1.54, 1.807) is 0 Å². The van der Waals surface area contributed by atoms with Crippen LogP contribution in [0.2, 0.25) is 0 Å². The molecule has 0 spiro atoms. The molecule has 1 N–H and O–H groups in total. The van der Waals surface area contributed by atoms with E-state index in [0.29, 0.717) is 0 Å². The number of nitrogens with zero attached hydrogens (tertiary/aromatic N) is 2. The quantitative estimate of drug-likeness (QED) is 0.738. The fourth-order valence-corrected chi connectivity index (χ4v) is 3.58. The first-order valence-corrected chi connectivity index (χ1v) is 9.26. The van der Waals surface area contributed by atoms with E-state index in [1.807, 2.05) is 24.4 Å². The van der Waals surface area contributed by atoms with Gasteiger partial charge in [0.1, 0.15) is 6.10 Å². The van der Waals surface area contributed by atoms with Crippen LogP contribution in [0.5, 0.6) is 5.88 Å². The lowest BCUT2D eigenvalue weighted by Crippen LogP contribution is -2.35. The largest absolute Gasteiger partial charge is 0.474 e. The first-order valence-electron chi connectivity index (χ1n) is 9.26. The van der Waals surface area contributed by atoms with Gasteiger partial charge in [0.05, 0.1) is 0 Å². The predicted molar refractivity (Wildman–Crippen MR) is 107 cm³/mol. The normalized spacial score (nSPS) is 15.9. The molecular weight excluding hydrogens is 322 g/mol. The Morgan fingerprint density at radius 2 is 1.81 bits per heavy atom. The molecule has 1 aromatic heterocycles. The third-order valence-electron chi connectivity index (χ3n) is 5.06. The summed E-state index contributed by atoms with van der Waals surface area (Å²) >= 11 is 0. The first kappa shape index (κ1) is 16.9. The molecule has 4 rings (SSSR count). The number of benzene rings is 2. The maximum atomic E-state index is 6.31. The molecule has 2 aromatic carbocycles. The number of para-hydroxylation sites is 1. The number of pyridine rings is 1. The Bertz CT molecular complexity index is 887. The number of fused-ring (bicyclic) bond motifs is 1. The molecule has 134 valence electrons. The van der Waals surface area contributed by atoms with Gasteiger partial charge in [-0.25, -0.2) is 4.98 Å². The van der Waals surface area contributed by atoms with Crippen LogP contribution in [0.25, 0.3) is 10.8 Å². The minimum absolute atomic E-state index is 0.246. The van der Waals surface area contributed by atoms with Crippen LogP contribution >= 0.6 is 0 Å². The van der Waals surface area contributed by atoms with Gasteiger partial charge in [-0.05, 0) is 56.6 Å². The third-order valence-corrected chi connectivity index (χ3v) is 5.06. The maximum Gasteiger partial charge on any atom is 0.221 e. The number of ether oxygens (including phenoxy) is 1. The summed E-state index contributed by atoms with van der Waals surface area (Å²) in [7, 11) is 2.16. The minimum atomic E-state index is 0.246. The molecule has 1 aliphatic heterocycles. The maximum absolute atomic E-state index is 6.31. The van der Waals surface area contributed by atoms with Gasteiger partial charge in [-0.3, -0.25) is 0 Å². The lowest BCUT2D eigenvalue weighted by atomic mass is 10.1. The molecule has 1 fully saturated rings. The Morgan fingerprint density at radius 3 is 2.58 bits per heavy atom. The highest BCUT2D eigenvalue weighted by atomic mass is 16.5. The summed E-state index contributed by atoms with van der Waals surface area (Å²) in [5, 5.41) is 5.78. The molecule has 4 heteroatoms. The van der Waals surface area contributed by atoms with Gasteiger partial charge in [-0.1, -0.05) is 24.3 Å². The van der Waals surface area contributed by atoms with Crippen molar-refractivity contribution in [1.29, 1.82) is 0 Å². The molecule has 3 aromatic rings. The minimum Gasteiger partial charge on any atom is -0.474 e. The standard InChI is InChI=1S/C22H25N3O/c1-16-15-23-22(26-18-11-13-25(2)14-12-18)19-9-6-10-20(21(16)19)24-17-7-4-3-5-8-17/h3-10,15,18,24H,11-14H2,1-2H3. The Morgan fingerprint density at radius 1 is 1.04 bits per heavy atom. The molecule has 0 radical (unpaired) electrons. The van der Waals surface area contributed by atoms with Crippen molar-refractivity contribution >= 4 is 22.1 Å². The van der Waals surface area contributed by atoms with Crippen LogP contribution in [0.1, 0.15) is 18.4 Å². The number of nitrogens with one attached hydrogen (secondary N) is 1. The van der Waals surface area contributed by atoms with Crippen molar-refractivity contribution in [3.63, 3.8) is 0 Å². The van der Waals surface area contributed by atoms with Crippen molar-refractivity contribution in [1.82, 2.24) is 9.88 Å². The summed E-state index contributed by atoms with van der Waals surface area (Å²) in [5.74, 6) is 0.747. The second-order valence-corrected chi connectivity index (χ2v) is 7.09. The van der Waals surface area contributed by atoms with E-state index in [-0.39, 0.29) is 6.10 Å². The van der Waals surface area contributed by atoms with E-state index < -0.39 is 0 Å². The molecular formula is C22H25N3O. The topological polar surface area (TPSA) is 37.4 Å². The molecule has 4 nitrogen and oxygen atoms in total. The zero-order chi connectivity index (χ0) is 17.9. The lowest BCUT2D eigenvalue weighted by Gasteiger charge is -2.29. The highest BCUT2D eigenvalue weighted by Gasteiger charge is 2.20. The number of piperidine rings is 1. The SMILES string of the molecule is Cc1cnc(OC2CCN(C)CC2)c2cccc(Nc3ccccc3)c12. The fraction of sp³-hybridized carbons (Fsp3) is 0.318. The van der Waals surface area contributed by atoms with Crippen molar-refractivity contribution in [3.8, 4) is 5.88 Å². The lowest BCUT2D eigenvalue weighted by molar-refractivity contribution is 0.111. The van der Waals surface area contributed by atoms with Crippen LogP contribution < -0.4 is 10.1 Å². The highest BCUT2D eigenvalue weighted by Crippen LogP contribution is 2.34. The second-order valence-electron chi connectivity index (χ2n) is 7.09. The number of hydrogen-bond acceptors (Lipinski definition) is 4. The monoisotopic (exact) mass is 347 g/mol. The van der Waals surface area contributed by atoms with Crippen molar-refractivity contribution in [2.75, 3.05) is 25.5 Å². The van der Waals surface area contributed by atoms with Gasteiger partial charge in [-0.2, -0.15) is 0 Å². The van der Waals surface area contributed by atoms with E-state index in [9.17, 15) is 0 Å². The van der Waals surface area contributed by atoms with Gasteiger partial charge in [0.15, 0.2) is 0 Å². The van der Waals surface area contributed by atoms with Gasteiger partial charge in [0, 0.05) is 41.4 Å². The Kier molecular flexibility index (Phi) is 4.76.